The number of benzene rings is 1. The fourth-order valence-corrected chi connectivity index (χ4v) is 3.19. The largest absolute Gasteiger partial charge is 0.372 e. The molecule has 1 aromatic rings. The van der Waals surface area contributed by atoms with Gasteiger partial charge in [0.15, 0.2) is 0 Å². The van der Waals surface area contributed by atoms with E-state index in [9.17, 15) is 4.39 Å². The number of rotatable bonds is 4. The van der Waals surface area contributed by atoms with Gasteiger partial charge in [-0.2, -0.15) is 0 Å². The molecule has 19 heavy (non-hydrogen) atoms. The van der Waals surface area contributed by atoms with Gasteiger partial charge in [0.2, 0.25) is 0 Å². The van der Waals surface area contributed by atoms with E-state index in [2.05, 4.69) is 10.2 Å². The summed E-state index contributed by atoms with van der Waals surface area (Å²) in [5.74, 6) is 0.483. The SMILES string of the molecule is CNC1CCCCCC1CN(C)c1ccccc1F. The second-order valence-electron chi connectivity index (χ2n) is 5.63. The van der Waals surface area contributed by atoms with Gasteiger partial charge in [0, 0.05) is 19.6 Å². The number of halogens is 1. The summed E-state index contributed by atoms with van der Waals surface area (Å²) >= 11 is 0. The first-order valence-electron chi connectivity index (χ1n) is 7.35. The smallest absolute Gasteiger partial charge is 0.146 e. The maximum atomic E-state index is 13.8. The number of hydrogen-bond acceptors (Lipinski definition) is 2. The predicted octanol–water partition coefficient (Wildman–Crippen LogP) is 3.43. The summed E-state index contributed by atoms with van der Waals surface area (Å²) in [5, 5.41) is 3.45. The molecule has 1 aromatic carbocycles. The number of hydrogen-bond donors (Lipinski definition) is 1. The lowest BCUT2D eigenvalue weighted by molar-refractivity contribution is 0.355. The van der Waals surface area contributed by atoms with Gasteiger partial charge in [-0.1, -0.05) is 31.4 Å². The van der Waals surface area contributed by atoms with Crippen LogP contribution in [0.5, 0.6) is 0 Å². The van der Waals surface area contributed by atoms with Gasteiger partial charge < -0.3 is 10.2 Å². The topological polar surface area (TPSA) is 15.3 Å². The van der Waals surface area contributed by atoms with Crippen LogP contribution in [-0.2, 0) is 0 Å². The summed E-state index contributed by atoms with van der Waals surface area (Å²) in [5.41, 5.74) is 0.710. The van der Waals surface area contributed by atoms with Crippen molar-refractivity contribution >= 4 is 5.69 Å². The second kappa shape index (κ2) is 6.90. The van der Waals surface area contributed by atoms with Crippen LogP contribution in [0.1, 0.15) is 32.1 Å². The standard InChI is InChI=1S/C16H25FN2/c1-18-15-10-5-3-4-8-13(15)12-19(2)16-11-7-6-9-14(16)17/h6-7,9,11,13,15,18H,3-5,8,10,12H2,1-2H3. The molecule has 2 rings (SSSR count). The summed E-state index contributed by atoms with van der Waals surface area (Å²) in [6.07, 6.45) is 6.42. The Labute approximate surface area is 116 Å². The van der Waals surface area contributed by atoms with Gasteiger partial charge in [-0.3, -0.25) is 0 Å². The van der Waals surface area contributed by atoms with E-state index in [0.717, 1.165) is 6.54 Å². The Morgan fingerprint density at radius 3 is 2.68 bits per heavy atom. The molecule has 0 aromatic heterocycles. The molecule has 2 unspecified atom stereocenters. The van der Waals surface area contributed by atoms with E-state index < -0.39 is 0 Å². The summed E-state index contributed by atoms with van der Waals surface area (Å²) < 4.78 is 13.8. The van der Waals surface area contributed by atoms with Gasteiger partial charge in [0.05, 0.1) is 5.69 Å². The highest BCUT2D eigenvalue weighted by atomic mass is 19.1. The van der Waals surface area contributed by atoms with Crippen molar-refractivity contribution in [3.63, 3.8) is 0 Å². The molecule has 0 bridgehead atoms. The second-order valence-corrected chi connectivity index (χ2v) is 5.63. The van der Waals surface area contributed by atoms with Crippen molar-refractivity contribution in [1.29, 1.82) is 0 Å². The molecule has 2 atom stereocenters. The number of nitrogens with one attached hydrogen (secondary N) is 1. The Bertz CT molecular complexity index is 394. The quantitative estimate of drug-likeness (QED) is 0.838. The first-order valence-corrected chi connectivity index (χ1v) is 7.35. The molecule has 0 spiro atoms. The van der Waals surface area contributed by atoms with Crippen molar-refractivity contribution in [2.75, 3.05) is 25.5 Å². The van der Waals surface area contributed by atoms with Crippen LogP contribution in [0.15, 0.2) is 24.3 Å². The van der Waals surface area contributed by atoms with Gasteiger partial charge in [0.1, 0.15) is 5.82 Å². The van der Waals surface area contributed by atoms with E-state index in [1.807, 2.05) is 26.2 Å². The normalized spacial score (nSPS) is 23.9. The Morgan fingerprint density at radius 2 is 1.95 bits per heavy atom. The number of anilines is 1. The lowest BCUT2D eigenvalue weighted by Gasteiger charge is -2.30. The van der Waals surface area contributed by atoms with Gasteiger partial charge >= 0.3 is 0 Å². The summed E-state index contributed by atoms with van der Waals surface area (Å²) in [6, 6.07) is 7.61. The zero-order chi connectivity index (χ0) is 13.7. The van der Waals surface area contributed by atoms with Crippen molar-refractivity contribution in [3.05, 3.63) is 30.1 Å². The molecule has 0 saturated heterocycles. The molecule has 0 amide bonds. The van der Waals surface area contributed by atoms with Crippen molar-refractivity contribution in [2.45, 2.75) is 38.1 Å². The van der Waals surface area contributed by atoms with Crippen LogP contribution in [0.3, 0.4) is 0 Å². The van der Waals surface area contributed by atoms with Crippen molar-refractivity contribution in [2.24, 2.45) is 5.92 Å². The van der Waals surface area contributed by atoms with E-state index in [0.29, 0.717) is 17.6 Å². The van der Waals surface area contributed by atoms with Gasteiger partial charge in [-0.25, -0.2) is 4.39 Å². The van der Waals surface area contributed by atoms with Crippen LogP contribution in [0.2, 0.25) is 0 Å². The van der Waals surface area contributed by atoms with E-state index in [4.69, 9.17) is 0 Å². The molecular formula is C16H25FN2. The third-order valence-corrected chi connectivity index (χ3v) is 4.30. The van der Waals surface area contributed by atoms with Gasteiger partial charge in [-0.15, -0.1) is 0 Å². The lowest BCUT2D eigenvalue weighted by Crippen LogP contribution is -2.39. The van der Waals surface area contributed by atoms with Crippen molar-refractivity contribution < 1.29 is 4.39 Å². The zero-order valence-corrected chi connectivity index (χ0v) is 12.0. The summed E-state index contributed by atoms with van der Waals surface area (Å²) in [4.78, 5) is 2.07. The molecule has 0 aliphatic heterocycles. The third kappa shape index (κ3) is 3.69. The monoisotopic (exact) mass is 264 g/mol. The average Bonchev–Trinajstić information content (AvgIpc) is 2.64. The van der Waals surface area contributed by atoms with E-state index in [1.165, 1.54) is 38.2 Å². The molecule has 1 aliphatic rings. The van der Waals surface area contributed by atoms with Gasteiger partial charge in [0.25, 0.3) is 0 Å². The van der Waals surface area contributed by atoms with Crippen LogP contribution in [0.25, 0.3) is 0 Å². The third-order valence-electron chi connectivity index (χ3n) is 4.30. The van der Waals surface area contributed by atoms with Crippen LogP contribution in [0, 0.1) is 11.7 Å². The van der Waals surface area contributed by atoms with Crippen LogP contribution < -0.4 is 10.2 Å². The van der Waals surface area contributed by atoms with E-state index in [1.54, 1.807) is 6.07 Å². The number of para-hydroxylation sites is 1. The average molecular weight is 264 g/mol. The highest BCUT2D eigenvalue weighted by Gasteiger charge is 2.24. The minimum atomic E-state index is -0.125. The van der Waals surface area contributed by atoms with Crippen LogP contribution in [0.4, 0.5) is 10.1 Å². The van der Waals surface area contributed by atoms with E-state index >= 15 is 0 Å². The summed E-state index contributed by atoms with van der Waals surface area (Å²) in [6.45, 7) is 0.923. The zero-order valence-electron chi connectivity index (χ0n) is 12.0. The molecule has 0 heterocycles. The van der Waals surface area contributed by atoms with Crippen molar-refractivity contribution in [3.8, 4) is 0 Å². The first kappa shape index (κ1) is 14.3. The highest BCUT2D eigenvalue weighted by Crippen LogP contribution is 2.26. The molecule has 1 N–H and O–H groups in total. The molecule has 106 valence electrons. The van der Waals surface area contributed by atoms with Crippen LogP contribution in [-0.4, -0.2) is 26.7 Å². The molecular weight excluding hydrogens is 239 g/mol. The molecule has 1 fully saturated rings. The predicted molar refractivity (Wildman–Crippen MR) is 79.1 cm³/mol. The fraction of sp³-hybridized carbons (Fsp3) is 0.625. The maximum absolute atomic E-state index is 13.8. The molecule has 3 heteroatoms. The van der Waals surface area contributed by atoms with Gasteiger partial charge in [-0.05, 0) is 37.9 Å². The Balaban J connectivity index is 2.04. The van der Waals surface area contributed by atoms with Crippen molar-refractivity contribution in [1.82, 2.24) is 5.32 Å². The minimum absolute atomic E-state index is 0.125. The Kier molecular flexibility index (Phi) is 5.20. The molecule has 1 aliphatic carbocycles. The number of nitrogens with zero attached hydrogens (tertiary/aromatic N) is 1. The summed E-state index contributed by atoms with van der Waals surface area (Å²) in [7, 11) is 4.04. The molecule has 1 saturated carbocycles. The lowest BCUT2D eigenvalue weighted by atomic mass is 9.94. The van der Waals surface area contributed by atoms with E-state index in [-0.39, 0.29) is 5.82 Å². The highest BCUT2D eigenvalue weighted by molar-refractivity contribution is 5.46. The fourth-order valence-electron chi connectivity index (χ4n) is 3.19. The Morgan fingerprint density at radius 1 is 1.21 bits per heavy atom. The first-order chi connectivity index (χ1) is 9.22. The molecule has 2 nitrogen and oxygen atoms in total. The minimum Gasteiger partial charge on any atom is -0.372 e. The van der Waals surface area contributed by atoms with Crippen LogP contribution >= 0.6 is 0 Å². The maximum Gasteiger partial charge on any atom is 0.146 e. The Hall–Kier alpha value is -1.09. The molecule has 0 radical (unpaired) electrons.